The van der Waals surface area contributed by atoms with Crippen LogP contribution in [-0.2, 0) is 23.1 Å². The average Bonchev–Trinajstić information content (AvgIpc) is 3.16. The van der Waals surface area contributed by atoms with Crippen molar-refractivity contribution >= 4 is 17.7 Å². The van der Waals surface area contributed by atoms with Gasteiger partial charge in [0.15, 0.2) is 0 Å². The highest BCUT2D eigenvalue weighted by Gasteiger charge is 2.16. The Morgan fingerprint density at radius 3 is 1.81 bits per heavy atom. The molecule has 0 bridgehead atoms. The van der Waals surface area contributed by atoms with E-state index in [1.165, 1.54) is 110 Å². The normalized spacial score (nSPS) is 12.2. The van der Waals surface area contributed by atoms with Crippen LogP contribution in [0.4, 0.5) is 0 Å². The quantitative estimate of drug-likeness (QED) is 0.102. The SMILES string of the molecule is CCCCCCCCCCCCCCCCCCSCC(Cn1cc[n+](C)c1)OC(C)=O. The number of thioether (sulfide) groups is 1. The predicted molar refractivity (Wildman–Crippen MR) is 138 cm³/mol. The molecule has 1 heterocycles. The fourth-order valence-electron chi connectivity index (χ4n) is 4.17. The van der Waals surface area contributed by atoms with Crippen LogP contribution >= 0.6 is 11.8 Å². The number of rotatable bonds is 22. The van der Waals surface area contributed by atoms with E-state index in [0.29, 0.717) is 0 Å². The van der Waals surface area contributed by atoms with Crippen molar-refractivity contribution in [3.63, 3.8) is 0 Å². The van der Waals surface area contributed by atoms with E-state index in [0.717, 1.165) is 18.1 Å². The zero-order chi connectivity index (χ0) is 23.3. The van der Waals surface area contributed by atoms with Crippen molar-refractivity contribution in [2.75, 3.05) is 11.5 Å². The minimum absolute atomic E-state index is 0.0500. The Morgan fingerprint density at radius 1 is 0.875 bits per heavy atom. The van der Waals surface area contributed by atoms with Gasteiger partial charge >= 0.3 is 5.97 Å². The molecule has 0 fully saturated rings. The maximum atomic E-state index is 11.4. The van der Waals surface area contributed by atoms with Crippen LogP contribution in [0.3, 0.4) is 0 Å². The summed E-state index contributed by atoms with van der Waals surface area (Å²) in [5.41, 5.74) is 0. The van der Waals surface area contributed by atoms with Gasteiger partial charge in [-0.3, -0.25) is 4.79 Å². The van der Waals surface area contributed by atoms with E-state index < -0.39 is 0 Å². The molecule has 1 atom stereocenters. The van der Waals surface area contributed by atoms with Crippen molar-refractivity contribution in [2.45, 2.75) is 129 Å². The smallest absolute Gasteiger partial charge is 0.303 e. The van der Waals surface area contributed by atoms with Crippen LogP contribution in [0, 0.1) is 0 Å². The Hall–Kier alpha value is -0.970. The van der Waals surface area contributed by atoms with E-state index in [2.05, 4.69) is 11.5 Å². The van der Waals surface area contributed by atoms with Crippen LogP contribution in [0.5, 0.6) is 0 Å². The molecule has 5 heteroatoms. The molecule has 4 nitrogen and oxygen atoms in total. The van der Waals surface area contributed by atoms with Crippen molar-refractivity contribution in [1.29, 1.82) is 0 Å². The van der Waals surface area contributed by atoms with Gasteiger partial charge in [-0.1, -0.05) is 103 Å². The highest BCUT2D eigenvalue weighted by Crippen LogP contribution is 2.15. The van der Waals surface area contributed by atoms with E-state index in [9.17, 15) is 4.79 Å². The Labute approximate surface area is 202 Å². The molecule has 0 aliphatic carbocycles. The molecule has 0 spiro atoms. The van der Waals surface area contributed by atoms with Gasteiger partial charge in [0.1, 0.15) is 25.0 Å². The lowest BCUT2D eigenvalue weighted by molar-refractivity contribution is -0.671. The summed E-state index contributed by atoms with van der Waals surface area (Å²) in [5, 5.41) is 0. The van der Waals surface area contributed by atoms with Crippen LogP contribution in [-0.4, -0.2) is 28.1 Å². The van der Waals surface area contributed by atoms with Gasteiger partial charge in [0, 0.05) is 12.7 Å². The number of imidazole rings is 1. The zero-order valence-electron chi connectivity index (χ0n) is 21.4. The molecule has 1 rings (SSSR count). The maximum absolute atomic E-state index is 11.4. The van der Waals surface area contributed by atoms with E-state index in [-0.39, 0.29) is 12.1 Å². The summed E-state index contributed by atoms with van der Waals surface area (Å²) < 4.78 is 9.60. The van der Waals surface area contributed by atoms with E-state index in [4.69, 9.17) is 4.74 Å². The highest BCUT2D eigenvalue weighted by atomic mass is 32.2. The molecule has 0 saturated carbocycles. The first-order valence-corrected chi connectivity index (χ1v) is 14.5. The summed E-state index contributed by atoms with van der Waals surface area (Å²) >= 11 is 1.92. The molecule has 0 saturated heterocycles. The first-order valence-electron chi connectivity index (χ1n) is 13.4. The summed E-state index contributed by atoms with van der Waals surface area (Å²) in [4.78, 5) is 11.4. The molecule has 1 aromatic heterocycles. The molecule has 186 valence electrons. The number of carbonyl (C=O) groups excluding carboxylic acids is 1. The Morgan fingerprint density at radius 2 is 1.38 bits per heavy atom. The molecule has 0 aromatic carbocycles. The summed E-state index contributed by atoms with van der Waals surface area (Å²) in [6, 6.07) is 0. The number of esters is 1. The number of aryl methyl sites for hydroxylation is 1. The third kappa shape index (κ3) is 17.6. The average molecular weight is 468 g/mol. The standard InChI is InChI=1S/C27H51N2O2S/c1-4-5-6-7-8-9-10-11-12-13-14-15-16-17-18-19-22-32-24-27(31-26(2)30)23-29-21-20-28(3)25-29/h20-21,25,27H,4-19,22-24H2,1-3H3/q+1. The van der Waals surface area contributed by atoms with Gasteiger partial charge in [-0.25, -0.2) is 9.13 Å². The van der Waals surface area contributed by atoms with Gasteiger partial charge in [-0.2, -0.15) is 11.8 Å². The lowest BCUT2D eigenvalue weighted by Crippen LogP contribution is -2.27. The van der Waals surface area contributed by atoms with E-state index >= 15 is 0 Å². The lowest BCUT2D eigenvalue weighted by atomic mass is 10.0. The van der Waals surface area contributed by atoms with Gasteiger partial charge in [0.25, 0.3) is 0 Å². The van der Waals surface area contributed by atoms with E-state index in [1.807, 2.05) is 42.1 Å². The molecule has 0 amide bonds. The minimum Gasteiger partial charge on any atom is -0.457 e. The number of carbonyl (C=O) groups is 1. The number of hydrogen-bond acceptors (Lipinski definition) is 3. The molecular formula is C27H51N2O2S+. The second-order valence-corrected chi connectivity index (χ2v) is 10.5. The fraction of sp³-hybridized carbons (Fsp3) is 0.852. The van der Waals surface area contributed by atoms with Crippen LogP contribution in [0.15, 0.2) is 18.7 Å². The number of ether oxygens (including phenoxy) is 1. The Balaban J connectivity index is 1.87. The highest BCUT2D eigenvalue weighted by molar-refractivity contribution is 7.99. The molecule has 32 heavy (non-hydrogen) atoms. The van der Waals surface area contributed by atoms with Gasteiger partial charge in [-0.05, 0) is 12.2 Å². The molecule has 1 aromatic rings. The molecular weight excluding hydrogens is 416 g/mol. The summed E-state index contributed by atoms with van der Waals surface area (Å²) in [6.07, 6.45) is 28.5. The van der Waals surface area contributed by atoms with Gasteiger partial charge in [0.2, 0.25) is 6.33 Å². The van der Waals surface area contributed by atoms with Crippen molar-refractivity contribution in [3.05, 3.63) is 18.7 Å². The molecule has 0 aliphatic heterocycles. The number of aromatic nitrogens is 2. The van der Waals surface area contributed by atoms with Crippen molar-refractivity contribution in [2.24, 2.45) is 7.05 Å². The predicted octanol–water partition coefficient (Wildman–Crippen LogP) is 7.24. The maximum Gasteiger partial charge on any atom is 0.303 e. The second-order valence-electron chi connectivity index (χ2n) is 9.39. The van der Waals surface area contributed by atoms with Crippen LogP contribution in [0.25, 0.3) is 0 Å². The zero-order valence-corrected chi connectivity index (χ0v) is 22.2. The van der Waals surface area contributed by atoms with Crippen LogP contribution in [0.2, 0.25) is 0 Å². The first kappa shape index (κ1) is 29.1. The summed E-state index contributed by atoms with van der Waals surface area (Å²) in [6.45, 7) is 4.52. The summed E-state index contributed by atoms with van der Waals surface area (Å²) in [5.74, 6) is 1.85. The molecule has 0 radical (unpaired) electrons. The fourth-order valence-corrected chi connectivity index (χ4v) is 5.18. The molecule has 0 N–H and O–H groups in total. The van der Waals surface area contributed by atoms with Gasteiger partial charge in [0.05, 0.1) is 7.05 Å². The molecule has 0 aliphatic rings. The number of nitrogens with zero attached hydrogens (tertiary/aromatic N) is 2. The number of unbranched alkanes of at least 4 members (excludes halogenated alkanes) is 15. The van der Waals surface area contributed by atoms with Crippen LogP contribution in [0.1, 0.15) is 117 Å². The monoisotopic (exact) mass is 467 g/mol. The van der Waals surface area contributed by atoms with Crippen molar-refractivity contribution < 1.29 is 14.1 Å². The summed E-state index contributed by atoms with van der Waals surface area (Å²) in [7, 11) is 2.00. The topological polar surface area (TPSA) is 35.1 Å². The van der Waals surface area contributed by atoms with Crippen molar-refractivity contribution in [1.82, 2.24) is 4.57 Å². The third-order valence-electron chi connectivity index (χ3n) is 6.02. The molecule has 1 unspecified atom stereocenters. The first-order chi connectivity index (χ1) is 15.6. The third-order valence-corrected chi connectivity index (χ3v) is 7.20. The van der Waals surface area contributed by atoms with Crippen molar-refractivity contribution in [3.8, 4) is 0 Å². The van der Waals surface area contributed by atoms with Gasteiger partial charge < -0.3 is 4.74 Å². The van der Waals surface area contributed by atoms with Gasteiger partial charge in [-0.15, -0.1) is 0 Å². The number of hydrogen-bond donors (Lipinski definition) is 0. The Kier molecular flexibility index (Phi) is 18.7. The van der Waals surface area contributed by atoms with Crippen LogP contribution < -0.4 is 4.57 Å². The van der Waals surface area contributed by atoms with E-state index in [1.54, 1.807) is 0 Å². The second kappa shape index (κ2) is 20.6. The lowest BCUT2D eigenvalue weighted by Gasteiger charge is -2.14. The minimum atomic E-state index is -0.186. The Bertz CT molecular complexity index is 562. The largest absolute Gasteiger partial charge is 0.457 e.